The molecule has 1 aliphatic carbocycles. The van der Waals surface area contributed by atoms with Crippen LogP contribution in [0, 0.1) is 5.92 Å². The minimum Gasteiger partial charge on any atom is -0.463 e. The van der Waals surface area contributed by atoms with Crippen LogP contribution >= 0.6 is 0 Å². The Morgan fingerprint density at radius 2 is 1.85 bits per heavy atom. The normalized spacial score (nSPS) is 16.6. The number of nitrogen functional groups attached to an aromatic ring is 1. The van der Waals surface area contributed by atoms with Gasteiger partial charge in [0.2, 0.25) is 0 Å². The summed E-state index contributed by atoms with van der Waals surface area (Å²) in [5, 5.41) is 0. The minimum absolute atomic E-state index is 0.0754. The number of unbranched alkanes of at least 4 members (excludes halogenated alkanes) is 1. The zero-order valence-electron chi connectivity index (χ0n) is 19.5. The fraction of sp³-hybridized carbons (Fsp3) is 0.560. The van der Waals surface area contributed by atoms with E-state index in [0.717, 1.165) is 50.9 Å². The first-order chi connectivity index (χ1) is 16.1. The van der Waals surface area contributed by atoms with Gasteiger partial charge in [-0.05, 0) is 62.2 Å². The van der Waals surface area contributed by atoms with Crippen molar-refractivity contribution < 1.29 is 4.74 Å². The van der Waals surface area contributed by atoms with Crippen LogP contribution in [0.4, 0.5) is 5.82 Å². The lowest BCUT2D eigenvalue weighted by Crippen LogP contribution is -2.25. The minimum atomic E-state index is -0.0754. The summed E-state index contributed by atoms with van der Waals surface area (Å²) < 4.78 is 9.25. The Labute approximate surface area is 194 Å². The average molecular weight is 451 g/mol. The van der Waals surface area contributed by atoms with Gasteiger partial charge in [0.05, 0.1) is 13.2 Å². The molecule has 2 N–H and O–H groups in total. The Balaban J connectivity index is 1.49. The SMILES string of the molecule is CCCCOc1nc(N)c2c(n1)n(Cc1cccc(CN3CCCC3)c1)c(=O)n2CC1CC1. The number of likely N-dealkylation sites (tertiary alicyclic amines) is 1. The predicted octanol–water partition coefficient (Wildman–Crippen LogP) is 3.41. The first-order valence-corrected chi connectivity index (χ1v) is 12.3. The van der Waals surface area contributed by atoms with Gasteiger partial charge >= 0.3 is 11.7 Å². The number of nitrogens with zero attached hydrogens (tertiary/aromatic N) is 5. The molecule has 0 unspecified atom stereocenters. The van der Waals surface area contributed by atoms with Crippen LogP contribution in [0.2, 0.25) is 0 Å². The maximum atomic E-state index is 13.5. The van der Waals surface area contributed by atoms with Gasteiger partial charge < -0.3 is 10.5 Å². The lowest BCUT2D eigenvalue weighted by molar-refractivity contribution is 0.286. The third-order valence-electron chi connectivity index (χ3n) is 6.66. The van der Waals surface area contributed by atoms with E-state index in [9.17, 15) is 4.79 Å². The maximum Gasteiger partial charge on any atom is 0.330 e. The second-order valence-corrected chi connectivity index (χ2v) is 9.49. The van der Waals surface area contributed by atoms with Gasteiger partial charge in [0, 0.05) is 13.1 Å². The molecule has 0 atom stereocenters. The molecule has 0 radical (unpaired) electrons. The quantitative estimate of drug-likeness (QED) is 0.476. The highest BCUT2D eigenvalue weighted by molar-refractivity contribution is 5.83. The van der Waals surface area contributed by atoms with Crippen molar-refractivity contribution in [2.24, 2.45) is 5.92 Å². The van der Waals surface area contributed by atoms with Gasteiger partial charge in [0.25, 0.3) is 0 Å². The molecule has 1 aromatic carbocycles. The van der Waals surface area contributed by atoms with E-state index in [-0.39, 0.29) is 11.7 Å². The highest BCUT2D eigenvalue weighted by Gasteiger charge is 2.27. The zero-order chi connectivity index (χ0) is 22.8. The number of fused-ring (bicyclic) bond motifs is 1. The molecule has 0 spiro atoms. The highest BCUT2D eigenvalue weighted by atomic mass is 16.5. The van der Waals surface area contributed by atoms with E-state index in [1.165, 1.54) is 18.4 Å². The highest BCUT2D eigenvalue weighted by Crippen LogP contribution is 2.32. The van der Waals surface area contributed by atoms with Gasteiger partial charge in [-0.3, -0.25) is 14.0 Å². The van der Waals surface area contributed by atoms with Crippen molar-refractivity contribution in [2.45, 2.75) is 65.1 Å². The molecule has 176 valence electrons. The van der Waals surface area contributed by atoms with Gasteiger partial charge in [0.15, 0.2) is 11.5 Å². The van der Waals surface area contributed by atoms with Crippen LogP contribution in [0.5, 0.6) is 6.01 Å². The summed E-state index contributed by atoms with van der Waals surface area (Å²) >= 11 is 0. The van der Waals surface area contributed by atoms with Crippen LogP contribution in [-0.4, -0.2) is 43.7 Å². The van der Waals surface area contributed by atoms with Gasteiger partial charge in [0.1, 0.15) is 5.52 Å². The number of hydrogen-bond acceptors (Lipinski definition) is 6. The van der Waals surface area contributed by atoms with E-state index in [0.29, 0.717) is 42.6 Å². The smallest absolute Gasteiger partial charge is 0.330 e. The molecule has 1 saturated carbocycles. The molecule has 2 aliphatic rings. The third kappa shape index (κ3) is 4.90. The first kappa shape index (κ1) is 21.9. The van der Waals surface area contributed by atoms with Crippen molar-refractivity contribution in [3.8, 4) is 6.01 Å². The number of aromatic nitrogens is 4. The second kappa shape index (κ2) is 9.55. The van der Waals surface area contributed by atoms with Crippen molar-refractivity contribution in [3.05, 3.63) is 45.9 Å². The van der Waals surface area contributed by atoms with Crippen LogP contribution in [0.25, 0.3) is 11.2 Å². The van der Waals surface area contributed by atoms with E-state index in [4.69, 9.17) is 10.5 Å². The predicted molar refractivity (Wildman–Crippen MR) is 129 cm³/mol. The number of anilines is 1. The molecule has 8 heteroatoms. The van der Waals surface area contributed by atoms with E-state index < -0.39 is 0 Å². The summed E-state index contributed by atoms with van der Waals surface area (Å²) in [6.45, 7) is 7.04. The Morgan fingerprint density at radius 1 is 1.09 bits per heavy atom. The standard InChI is InChI=1S/C25H34N6O2/c1-2-3-13-33-24-27-22(26)21-23(28-24)31(25(32)30(21)16-18-9-10-18)17-20-8-6-7-19(14-20)15-29-11-4-5-12-29/h6-8,14,18H,2-5,9-13,15-17H2,1H3,(H2,26,27,28). The largest absolute Gasteiger partial charge is 0.463 e. The molecule has 3 heterocycles. The molecule has 33 heavy (non-hydrogen) atoms. The molecule has 8 nitrogen and oxygen atoms in total. The molecule has 1 saturated heterocycles. The average Bonchev–Trinajstić information content (AvgIpc) is 3.41. The van der Waals surface area contributed by atoms with Crippen molar-refractivity contribution in [1.29, 1.82) is 0 Å². The lowest BCUT2D eigenvalue weighted by atomic mass is 10.1. The Bertz CT molecular complexity index is 1170. The van der Waals surface area contributed by atoms with Crippen LogP contribution in [-0.2, 0) is 19.6 Å². The van der Waals surface area contributed by atoms with Crippen LogP contribution < -0.4 is 16.2 Å². The zero-order valence-corrected chi connectivity index (χ0v) is 19.5. The molecule has 5 rings (SSSR count). The van der Waals surface area contributed by atoms with Crippen molar-refractivity contribution >= 4 is 17.0 Å². The Kier molecular flexibility index (Phi) is 6.35. The van der Waals surface area contributed by atoms with Crippen LogP contribution in [0.3, 0.4) is 0 Å². The van der Waals surface area contributed by atoms with E-state index in [1.54, 1.807) is 9.13 Å². The molecule has 2 aromatic heterocycles. The molecular formula is C25H34N6O2. The second-order valence-electron chi connectivity index (χ2n) is 9.49. The summed E-state index contributed by atoms with van der Waals surface area (Å²) in [7, 11) is 0. The lowest BCUT2D eigenvalue weighted by Gasteiger charge is -2.15. The van der Waals surface area contributed by atoms with Crippen LogP contribution in [0.1, 0.15) is 56.6 Å². The Hall–Kier alpha value is -2.87. The monoisotopic (exact) mass is 450 g/mol. The van der Waals surface area contributed by atoms with E-state index >= 15 is 0 Å². The summed E-state index contributed by atoms with van der Waals surface area (Å²) in [4.78, 5) is 25.0. The van der Waals surface area contributed by atoms with Gasteiger partial charge in [-0.2, -0.15) is 9.97 Å². The number of benzene rings is 1. The summed E-state index contributed by atoms with van der Waals surface area (Å²) in [5.74, 6) is 0.844. The van der Waals surface area contributed by atoms with Crippen molar-refractivity contribution in [3.63, 3.8) is 0 Å². The van der Waals surface area contributed by atoms with Gasteiger partial charge in [-0.1, -0.05) is 37.6 Å². The molecule has 0 amide bonds. The maximum absolute atomic E-state index is 13.5. The Morgan fingerprint density at radius 3 is 2.58 bits per heavy atom. The topological polar surface area (TPSA) is 91.2 Å². The number of rotatable bonds is 10. The van der Waals surface area contributed by atoms with Gasteiger partial charge in [-0.25, -0.2) is 4.79 Å². The van der Waals surface area contributed by atoms with Gasteiger partial charge in [-0.15, -0.1) is 0 Å². The summed E-state index contributed by atoms with van der Waals surface area (Å²) in [5.41, 5.74) is 9.82. The fourth-order valence-electron chi connectivity index (χ4n) is 4.67. The van der Waals surface area contributed by atoms with E-state index in [1.807, 2.05) is 0 Å². The number of ether oxygens (including phenoxy) is 1. The number of imidazole rings is 1. The van der Waals surface area contributed by atoms with Crippen LogP contribution in [0.15, 0.2) is 29.1 Å². The molecular weight excluding hydrogens is 416 g/mol. The number of nitrogens with two attached hydrogens (primary N) is 1. The van der Waals surface area contributed by atoms with Crippen molar-refractivity contribution in [2.75, 3.05) is 25.4 Å². The third-order valence-corrected chi connectivity index (χ3v) is 6.66. The molecule has 0 bridgehead atoms. The number of hydrogen-bond donors (Lipinski definition) is 1. The fourth-order valence-corrected chi connectivity index (χ4v) is 4.67. The summed E-state index contributed by atoms with van der Waals surface area (Å²) in [6.07, 6.45) is 6.79. The molecule has 2 fully saturated rings. The first-order valence-electron chi connectivity index (χ1n) is 12.3. The molecule has 3 aromatic rings. The van der Waals surface area contributed by atoms with E-state index in [2.05, 4.69) is 46.1 Å². The molecule has 1 aliphatic heterocycles. The van der Waals surface area contributed by atoms with Crippen molar-refractivity contribution in [1.82, 2.24) is 24.0 Å². The summed E-state index contributed by atoms with van der Waals surface area (Å²) in [6, 6.07) is 8.78.